The van der Waals surface area contributed by atoms with Gasteiger partial charge < -0.3 is 14.5 Å². The summed E-state index contributed by atoms with van der Waals surface area (Å²) in [5.74, 6) is -1.69. The summed E-state index contributed by atoms with van der Waals surface area (Å²) in [5.41, 5.74) is 4.94. The van der Waals surface area contributed by atoms with Crippen molar-refractivity contribution in [1.29, 1.82) is 0 Å². The van der Waals surface area contributed by atoms with Crippen LogP contribution >= 0.6 is 0 Å². The van der Waals surface area contributed by atoms with Crippen molar-refractivity contribution in [2.24, 2.45) is 11.8 Å². The largest absolute Gasteiger partial charge is 0.463 e. The molecule has 2 amide bonds. The maximum Gasteiger partial charge on any atom is 0.330 e. The summed E-state index contributed by atoms with van der Waals surface area (Å²) >= 11 is 0. The predicted octanol–water partition coefficient (Wildman–Crippen LogP) is 7.35. The Labute approximate surface area is 272 Å². The summed E-state index contributed by atoms with van der Waals surface area (Å²) in [7, 11) is 0. The minimum Gasteiger partial charge on any atom is -0.463 e. The second-order valence-electron chi connectivity index (χ2n) is 11.8. The molecule has 0 aliphatic heterocycles. The third-order valence-electron chi connectivity index (χ3n) is 8.48. The van der Waals surface area contributed by atoms with Gasteiger partial charge in [-0.15, -0.1) is 0 Å². The van der Waals surface area contributed by atoms with Gasteiger partial charge in [-0.3, -0.25) is 9.59 Å². The van der Waals surface area contributed by atoms with E-state index in [0.29, 0.717) is 45.4 Å². The molecule has 0 bridgehead atoms. The average Bonchev–Trinajstić information content (AvgIpc) is 3.09. The third-order valence-corrected chi connectivity index (χ3v) is 8.48. The topological polar surface area (TPSA) is 66.9 Å². The van der Waals surface area contributed by atoms with Crippen LogP contribution in [0.15, 0.2) is 133 Å². The summed E-state index contributed by atoms with van der Waals surface area (Å²) in [6, 6.07) is 39.8. The van der Waals surface area contributed by atoms with Crippen LogP contribution in [0.2, 0.25) is 0 Å². The third kappa shape index (κ3) is 9.04. The van der Waals surface area contributed by atoms with Gasteiger partial charge in [0.15, 0.2) is 0 Å². The lowest BCUT2D eigenvalue weighted by Gasteiger charge is -2.38. The van der Waals surface area contributed by atoms with Crippen molar-refractivity contribution in [1.82, 2.24) is 9.80 Å². The zero-order chi connectivity index (χ0) is 32.1. The van der Waals surface area contributed by atoms with Gasteiger partial charge in [0.1, 0.15) is 0 Å². The number of carbonyl (C=O) groups is 3. The Hall–Kier alpha value is -4.97. The molecule has 1 aliphatic carbocycles. The minimum absolute atomic E-state index is 0.0411. The van der Waals surface area contributed by atoms with Gasteiger partial charge in [0.25, 0.3) is 0 Å². The monoisotopic (exact) mass is 614 g/mol. The molecule has 4 aromatic carbocycles. The van der Waals surface area contributed by atoms with Gasteiger partial charge in [0, 0.05) is 32.3 Å². The van der Waals surface area contributed by atoms with E-state index in [1.165, 1.54) is 6.08 Å². The lowest BCUT2D eigenvalue weighted by Crippen LogP contribution is -2.46. The van der Waals surface area contributed by atoms with Crippen molar-refractivity contribution in [3.8, 4) is 0 Å². The molecule has 0 unspecified atom stereocenters. The van der Waals surface area contributed by atoms with E-state index in [0.717, 1.165) is 27.8 Å². The van der Waals surface area contributed by atoms with E-state index in [-0.39, 0.29) is 18.4 Å². The molecule has 2 atom stereocenters. The van der Waals surface area contributed by atoms with Gasteiger partial charge in [0.2, 0.25) is 11.8 Å². The van der Waals surface area contributed by atoms with Crippen LogP contribution in [0, 0.1) is 11.8 Å². The number of nitrogens with zero attached hydrogens (tertiary/aromatic N) is 2. The number of benzene rings is 4. The second-order valence-corrected chi connectivity index (χ2v) is 11.8. The average molecular weight is 615 g/mol. The van der Waals surface area contributed by atoms with Gasteiger partial charge >= 0.3 is 5.97 Å². The van der Waals surface area contributed by atoms with Crippen LogP contribution in [0.25, 0.3) is 0 Å². The molecule has 1 fully saturated rings. The molecule has 0 N–H and O–H groups in total. The Morgan fingerprint density at radius 2 is 0.978 bits per heavy atom. The van der Waals surface area contributed by atoms with E-state index in [9.17, 15) is 14.4 Å². The van der Waals surface area contributed by atoms with Crippen LogP contribution in [0.1, 0.15) is 48.4 Å². The van der Waals surface area contributed by atoms with E-state index in [4.69, 9.17) is 4.74 Å². The molecule has 6 nitrogen and oxygen atoms in total. The van der Waals surface area contributed by atoms with Gasteiger partial charge in [-0.2, -0.15) is 0 Å². The summed E-state index contributed by atoms with van der Waals surface area (Å²) in [4.78, 5) is 45.6. The number of esters is 1. The van der Waals surface area contributed by atoms with E-state index >= 15 is 0 Å². The van der Waals surface area contributed by atoms with Crippen LogP contribution in [0.4, 0.5) is 0 Å². The van der Waals surface area contributed by atoms with E-state index < -0.39 is 17.8 Å². The molecule has 0 heterocycles. The van der Waals surface area contributed by atoms with Gasteiger partial charge in [-0.05, 0) is 48.4 Å². The first kappa shape index (κ1) is 32.4. The van der Waals surface area contributed by atoms with Gasteiger partial charge in [-0.25, -0.2) is 4.79 Å². The van der Waals surface area contributed by atoms with Crippen LogP contribution < -0.4 is 0 Å². The molecule has 46 heavy (non-hydrogen) atoms. The Morgan fingerprint density at radius 3 is 1.35 bits per heavy atom. The predicted molar refractivity (Wildman–Crippen MR) is 180 cm³/mol. The molecule has 0 aromatic heterocycles. The Balaban J connectivity index is 1.49. The first-order valence-corrected chi connectivity index (χ1v) is 16.1. The van der Waals surface area contributed by atoms with Crippen molar-refractivity contribution in [3.63, 3.8) is 0 Å². The normalized spacial score (nSPS) is 16.8. The number of carbonyl (C=O) groups excluding carboxylic acids is 3. The molecular weight excluding hydrogens is 572 g/mol. The fourth-order valence-electron chi connectivity index (χ4n) is 6.21. The zero-order valence-electron chi connectivity index (χ0n) is 26.5. The van der Waals surface area contributed by atoms with E-state index in [1.54, 1.807) is 6.92 Å². The highest BCUT2D eigenvalue weighted by Gasteiger charge is 2.41. The molecule has 6 heteroatoms. The summed E-state index contributed by atoms with van der Waals surface area (Å²) in [6.07, 6.45) is 2.89. The highest BCUT2D eigenvalue weighted by molar-refractivity contribution is 5.89. The molecule has 0 spiro atoms. The zero-order valence-corrected chi connectivity index (χ0v) is 26.5. The van der Waals surface area contributed by atoms with Crippen LogP contribution in [0.3, 0.4) is 0 Å². The fourth-order valence-corrected chi connectivity index (χ4v) is 6.21. The molecule has 1 aliphatic rings. The maximum absolute atomic E-state index is 14.7. The lowest BCUT2D eigenvalue weighted by molar-refractivity contribution is -0.149. The number of amides is 2. The fraction of sp³-hybridized carbons (Fsp3) is 0.275. The highest BCUT2D eigenvalue weighted by Crippen LogP contribution is 2.37. The van der Waals surface area contributed by atoms with Crippen molar-refractivity contribution >= 4 is 17.8 Å². The van der Waals surface area contributed by atoms with E-state index in [2.05, 4.69) is 0 Å². The lowest BCUT2D eigenvalue weighted by atomic mass is 9.75. The first-order chi connectivity index (χ1) is 22.5. The minimum atomic E-state index is -0.622. The van der Waals surface area contributed by atoms with Crippen LogP contribution in [-0.4, -0.2) is 34.2 Å². The van der Waals surface area contributed by atoms with Crippen molar-refractivity contribution < 1.29 is 19.1 Å². The van der Waals surface area contributed by atoms with Crippen molar-refractivity contribution in [3.05, 3.63) is 155 Å². The van der Waals surface area contributed by atoms with Gasteiger partial charge in [-0.1, -0.05) is 127 Å². The number of hydrogen-bond donors (Lipinski definition) is 0. The van der Waals surface area contributed by atoms with Crippen molar-refractivity contribution in [2.75, 3.05) is 6.61 Å². The quantitative estimate of drug-likeness (QED) is 0.124. The van der Waals surface area contributed by atoms with Gasteiger partial charge in [0.05, 0.1) is 18.4 Å². The SMILES string of the molecule is CCOC(=O)/C=C1\CC[C@H](C(=O)N(Cc2ccccc2)Cc2ccccc2)[C@@H](C(=O)N(Cc2ccccc2)Cc2ccccc2)C1. The van der Waals surface area contributed by atoms with Crippen molar-refractivity contribution in [2.45, 2.75) is 52.4 Å². The molecule has 5 rings (SSSR count). The molecule has 4 aromatic rings. The number of hydrogen-bond acceptors (Lipinski definition) is 4. The molecule has 236 valence electrons. The molecule has 1 saturated carbocycles. The highest BCUT2D eigenvalue weighted by atomic mass is 16.5. The van der Waals surface area contributed by atoms with Crippen LogP contribution in [0.5, 0.6) is 0 Å². The standard InChI is InChI=1S/C40H42N2O4/c1-2-46-38(43)26-35-23-24-36(39(44)41(27-31-15-7-3-8-16-31)28-32-17-9-4-10-18-32)37(25-35)40(45)42(29-33-19-11-5-12-20-33)30-34-21-13-6-14-22-34/h3-22,26,36-37H,2,23-25,27-30H2,1H3/b35-26+/t36-,37-/m0/s1. The summed E-state index contributed by atoms with van der Waals surface area (Å²) in [5, 5.41) is 0. The maximum atomic E-state index is 14.7. The number of allylic oxidation sites excluding steroid dienone is 1. The smallest absolute Gasteiger partial charge is 0.330 e. The molecule has 0 saturated heterocycles. The van der Waals surface area contributed by atoms with E-state index in [1.807, 2.05) is 131 Å². The number of rotatable bonds is 12. The Morgan fingerprint density at radius 1 is 0.609 bits per heavy atom. The Kier molecular flexibility index (Phi) is 11.5. The Bertz CT molecular complexity index is 1510. The second kappa shape index (κ2) is 16.4. The summed E-state index contributed by atoms with van der Waals surface area (Å²) in [6.45, 7) is 3.77. The number of ether oxygens (including phenoxy) is 1. The summed E-state index contributed by atoms with van der Waals surface area (Å²) < 4.78 is 5.21. The molecular formula is C40H42N2O4. The first-order valence-electron chi connectivity index (χ1n) is 16.1. The van der Waals surface area contributed by atoms with Crippen LogP contribution in [-0.2, 0) is 45.3 Å². The molecule has 0 radical (unpaired) electrons.